The van der Waals surface area contributed by atoms with Crippen LogP contribution < -0.4 is 10.0 Å². The summed E-state index contributed by atoms with van der Waals surface area (Å²) >= 11 is 0. The van der Waals surface area contributed by atoms with Gasteiger partial charge in [-0.25, -0.2) is 13.1 Å². The Morgan fingerprint density at radius 2 is 1.89 bits per heavy atom. The van der Waals surface area contributed by atoms with Crippen LogP contribution in [0.2, 0.25) is 0 Å². The average Bonchev–Trinajstić information content (AvgIpc) is 3.16. The summed E-state index contributed by atoms with van der Waals surface area (Å²) in [4.78, 5) is 0. The van der Waals surface area contributed by atoms with E-state index < -0.39 is 10.0 Å². The summed E-state index contributed by atoms with van der Waals surface area (Å²) in [5, 5.41) is 3.19. The predicted octanol–water partition coefficient (Wildman–Crippen LogP) is 0.101. The highest BCUT2D eigenvalue weighted by molar-refractivity contribution is 7.89. The van der Waals surface area contributed by atoms with Crippen molar-refractivity contribution in [3.63, 3.8) is 0 Å². The van der Waals surface area contributed by atoms with E-state index >= 15 is 0 Å². The quantitative estimate of drug-likeness (QED) is 0.471. The van der Waals surface area contributed by atoms with Crippen LogP contribution in [0.15, 0.2) is 0 Å². The Morgan fingerprint density at radius 3 is 2.58 bits per heavy atom. The highest BCUT2D eigenvalue weighted by Gasteiger charge is 2.20. The lowest BCUT2D eigenvalue weighted by Gasteiger charge is -2.07. The largest absolute Gasteiger partial charge is 0.382 e. The Morgan fingerprint density at radius 1 is 1.11 bits per heavy atom. The highest BCUT2D eigenvalue weighted by atomic mass is 32.2. The highest BCUT2D eigenvalue weighted by Crippen LogP contribution is 2.17. The van der Waals surface area contributed by atoms with Gasteiger partial charge in [-0.1, -0.05) is 0 Å². The number of nitrogens with one attached hydrogen (secondary N) is 2. The number of sulfonamides is 1. The zero-order valence-corrected chi connectivity index (χ0v) is 12.5. The Balaban J connectivity index is 1.88. The van der Waals surface area contributed by atoms with Gasteiger partial charge >= 0.3 is 0 Å². The molecule has 0 aromatic carbocycles. The van der Waals surface area contributed by atoms with Crippen molar-refractivity contribution in [2.24, 2.45) is 0 Å². The summed E-state index contributed by atoms with van der Waals surface area (Å²) < 4.78 is 36.0. The fourth-order valence-corrected chi connectivity index (χ4v) is 2.54. The standard InChI is InChI=1S/C12H26N2O4S/c1-17-9-10-18-8-3-2-6-14-19(15,16)11-7-13-12-4-5-12/h12-14H,2-11H2,1H3. The normalized spacial score (nSPS) is 15.8. The van der Waals surface area contributed by atoms with E-state index in [9.17, 15) is 8.42 Å². The second kappa shape index (κ2) is 9.66. The molecule has 1 saturated carbocycles. The molecule has 114 valence electrons. The third kappa shape index (κ3) is 10.3. The lowest BCUT2D eigenvalue weighted by molar-refractivity contribution is 0.0689. The summed E-state index contributed by atoms with van der Waals surface area (Å²) in [6.07, 6.45) is 4.00. The van der Waals surface area contributed by atoms with Crippen molar-refractivity contribution >= 4 is 10.0 Å². The first kappa shape index (κ1) is 16.8. The number of methoxy groups -OCH3 is 1. The number of hydrogen-bond donors (Lipinski definition) is 2. The van der Waals surface area contributed by atoms with E-state index in [1.807, 2.05) is 0 Å². The second-order valence-electron chi connectivity index (χ2n) is 4.75. The molecule has 1 fully saturated rings. The summed E-state index contributed by atoms with van der Waals surface area (Å²) in [5.41, 5.74) is 0. The van der Waals surface area contributed by atoms with E-state index in [0.29, 0.717) is 39.0 Å². The first-order chi connectivity index (χ1) is 9.14. The Hall–Kier alpha value is -0.210. The van der Waals surface area contributed by atoms with Gasteiger partial charge in [0.1, 0.15) is 0 Å². The summed E-state index contributed by atoms with van der Waals surface area (Å²) in [6, 6.07) is 0.555. The molecular formula is C12H26N2O4S. The molecule has 0 radical (unpaired) electrons. The van der Waals surface area contributed by atoms with Crippen molar-refractivity contribution in [1.82, 2.24) is 10.0 Å². The van der Waals surface area contributed by atoms with E-state index in [4.69, 9.17) is 9.47 Å². The Bertz CT molecular complexity index is 318. The molecule has 0 saturated heterocycles. The van der Waals surface area contributed by atoms with Crippen LogP contribution >= 0.6 is 0 Å². The van der Waals surface area contributed by atoms with Gasteiger partial charge < -0.3 is 14.8 Å². The van der Waals surface area contributed by atoms with Gasteiger partial charge in [-0.05, 0) is 25.7 Å². The van der Waals surface area contributed by atoms with Crippen molar-refractivity contribution in [2.45, 2.75) is 31.7 Å². The van der Waals surface area contributed by atoms with Crippen molar-refractivity contribution in [3.8, 4) is 0 Å². The van der Waals surface area contributed by atoms with Gasteiger partial charge in [0, 0.05) is 32.8 Å². The van der Waals surface area contributed by atoms with Crippen LogP contribution in [0.3, 0.4) is 0 Å². The number of hydrogen-bond acceptors (Lipinski definition) is 5. The topological polar surface area (TPSA) is 76.7 Å². The van der Waals surface area contributed by atoms with Gasteiger partial charge in [0.15, 0.2) is 0 Å². The molecule has 0 heterocycles. The maximum Gasteiger partial charge on any atom is 0.212 e. The minimum atomic E-state index is -3.12. The molecule has 0 aliphatic heterocycles. The summed E-state index contributed by atoms with van der Waals surface area (Å²) in [6.45, 7) is 2.86. The average molecular weight is 294 g/mol. The molecule has 0 bridgehead atoms. The van der Waals surface area contributed by atoms with Crippen molar-refractivity contribution < 1.29 is 17.9 Å². The minimum absolute atomic E-state index is 0.161. The van der Waals surface area contributed by atoms with Crippen LogP contribution in [-0.4, -0.2) is 60.2 Å². The van der Waals surface area contributed by atoms with Crippen LogP contribution in [0, 0.1) is 0 Å². The fraction of sp³-hybridized carbons (Fsp3) is 1.00. The van der Waals surface area contributed by atoms with Gasteiger partial charge in [0.25, 0.3) is 0 Å². The third-order valence-electron chi connectivity index (χ3n) is 2.85. The maximum atomic E-state index is 11.6. The van der Waals surface area contributed by atoms with E-state index in [0.717, 1.165) is 12.8 Å². The van der Waals surface area contributed by atoms with Gasteiger partial charge in [-0.3, -0.25) is 0 Å². The van der Waals surface area contributed by atoms with Crippen LogP contribution in [0.25, 0.3) is 0 Å². The van der Waals surface area contributed by atoms with Crippen molar-refractivity contribution in [1.29, 1.82) is 0 Å². The van der Waals surface area contributed by atoms with Crippen LogP contribution in [0.5, 0.6) is 0 Å². The molecule has 0 aromatic rings. The summed E-state index contributed by atoms with van der Waals surface area (Å²) in [5.74, 6) is 0.161. The van der Waals surface area contributed by atoms with Crippen LogP contribution in [0.4, 0.5) is 0 Å². The van der Waals surface area contributed by atoms with E-state index in [1.165, 1.54) is 12.8 Å². The molecule has 0 unspecified atom stereocenters. The zero-order valence-electron chi connectivity index (χ0n) is 11.7. The third-order valence-corrected chi connectivity index (χ3v) is 4.24. The van der Waals surface area contributed by atoms with E-state index in [1.54, 1.807) is 7.11 Å². The van der Waals surface area contributed by atoms with Crippen molar-refractivity contribution in [2.75, 3.05) is 45.8 Å². The molecule has 1 aliphatic rings. The number of ether oxygens (including phenoxy) is 2. The molecular weight excluding hydrogens is 268 g/mol. The first-order valence-corrected chi connectivity index (χ1v) is 8.56. The molecule has 2 N–H and O–H groups in total. The molecule has 0 spiro atoms. The second-order valence-corrected chi connectivity index (χ2v) is 6.68. The lowest BCUT2D eigenvalue weighted by atomic mass is 10.3. The van der Waals surface area contributed by atoms with E-state index in [-0.39, 0.29) is 5.75 Å². The Labute approximate surface area is 116 Å². The summed E-state index contributed by atoms with van der Waals surface area (Å²) in [7, 11) is -1.49. The monoisotopic (exact) mass is 294 g/mol. The number of unbranched alkanes of at least 4 members (excludes halogenated alkanes) is 1. The zero-order chi connectivity index (χ0) is 14.0. The lowest BCUT2D eigenvalue weighted by Crippen LogP contribution is -2.33. The molecule has 0 aromatic heterocycles. The molecule has 0 amide bonds. The number of rotatable bonds is 13. The SMILES string of the molecule is COCCOCCCCNS(=O)(=O)CCNC1CC1. The molecule has 1 aliphatic carbocycles. The molecule has 7 heteroatoms. The first-order valence-electron chi connectivity index (χ1n) is 6.91. The van der Waals surface area contributed by atoms with Crippen LogP contribution in [-0.2, 0) is 19.5 Å². The maximum absolute atomic E-state index is 11.6. The minimum Gasteiger partial charge on any atom is -0.382 e. The smallest absolute Gasteiger partial charge is 0.212 e. The van der Waals surface area contributed by atoms with Crippen molar-refractivity contribution in [3.05, 3.63) is 0 Å². The van der Waals surface area contributed by atoms with Gasteiger partial charge in [-0.15, -0.1) is 0 Å². The van der Waals surface area contributed by atoms with Gasteiger partial charge in [0.2, 0.25) is 10.0 Å². The van der Waals surface area contributed by atoms with Crippen LogP contribution in [0.1, 0.15) is 25.7 Å². The fourth-order valence-electron chi connectivity index (χ4n) is 1.56. The Kier molecular flexibility index (Phi) is 8.56. The molecule has 19 heavy (non-hydrogen) atoms. The van der Waals surface area contributed by atoms with Gasteiger partial charge in [0.05, 0.1) is 19.0 Å². The van der Waals surface area contributed by atoms with Gasteiger partial charge in [-0.2, -0.15) is 0 Å². The predicted molar refractivity (Wildman–Crippen MR) is 74.7 cm³/mol. The molecule has 0 atom stereocenters. The molecule has 6 nitrogen and oxygen atoms in total. The van der Waals surface area contributed by atoms with E-state index in [2.05, 4.69) is 10.0 Å². The molecule has 1 rings (SSSR count).